The average Bonchev–Trinajstić information content (AvgIpc) is 3.72. The van der Waals surface area contributed by atoms with Gasteiger partial charge in [0.05, 0.1) is 25.9 Å². The molecule has 232 valence electrons. The van der Waals surface area contributed by atoms with Crippen LogP contribution in [0.1, 0.15) is 12.5 Å². The maximum atomic E-state index is 15.6. The Balaban J connectivity index is 1.16. The van der Waals surface area contributed by atoms with Crippen molar-refractivity contribution in [2.24, 2.45) is 0 Å². The van der Waals surface area contributed by atoms with Crippen LogP contribution in [-0.2, 0) is 27.8 Å². The maximum absolute atomic E-state index is 15.6. The predicted octanol–water partition coefficient (Wildman–Crippen LogP) is -1.87. The Kier molecular flexibility index (Phi) is 7.61. The number of phosphoric acid groups is 1. The molecule has 6 rings (SSSR count). The van der Waals surface area contributed by atoms with E-state index in [0.717, 1.165) is 10.9 Å². The highest BCUT2D eigenvalue weighted by Crippen LogP contribution is 2.50. The SMILES string of the molecule is COC1C(O)[C@@H](COP(=O)(O)OC2C(F)[C@H](n3cnc4c(=O)[nH]c(N)nc43)O[C@@H]2CO)O[C@H]1n1cnc2c(N)ncnc21. The summed E-state index contributed by atoms with van der Waals surface area (Å²) in [7, 11) is -3.74. The summed E-state index contributed by atoms with van der Waals surface area (Å²) in [6.45, 7) is -1.50. The molecule has 20 nitrogen and oxygen atoms in total. The summed E-state index contributed by atoms with van der Waals surface area (Å²) in [6.07, 6.45) is -7.87. The number of rotatable bonds is 9. The third kappa shape index (κ3) is 5.13. The van der Waals surface area contributed by atoms with E-state index < -0.39 is 75.7 Å². The van der Waals surface area contributed by atoms with Gasteiger partial charge >= 0.3 is 7.82 Å². The Morgan fingerprint density at radius 1 is 1.07 bits per heavy atom. The van der Waals surface area contributed by atoms with E-state index >= 15 is 4.39 Å². The highest BCUT2D eigenvalue weighted by molar-refractivity contribution is 7.47. The van der Waals surface area contributed by atoms with Crippen LogP contribution in [0.5, 0.6) is 0 Å². The van der Waals surface area contributed by atoms with Gasteiger partial charge in [0.2, 0.25) is 5.95 Å². The summed E-state index contributed by atoms with van der Waals surface area (Å²) in [6, 6.07) is 0. The topological polar surface area (TPSA) is 283 Å². The van der Waals surface area contributed by atoms with Gasteiger partial charge in [0.25, 0.3) is 5.56 Å². The Bertz CT molecular complexity index is 1750. The van der Waals surface area contributed by atoms with Gasteiger partial charge in [0.15, 0.2) is 41.3 Å². The molecule has 0 radical (unpaired) electrons. The fourth-order valence-corrected chi connectivity index (χ4v) is 6.02. The molecular weight excluding hydrogens is 602 g/mol. The number of nitrogen functional groups attached to an aromatic ring is 2. The summed E-state index contributed by atoms with van der Waals surface area (Å²) in [5.41, 5.74) is 11.0. The number of hydrogen-bond acceptors (Lipinski definition) is 16. The van der Waals surface area contributed by atoms with Crippen LogP contribution in [-0.4, -0.2) is 111 Å². The number of H-pyrrole nitrogens is 1. The quantitative estimate of drug-likeness (QED) is 0.111. The lowest BCUT2D eigenvalue weighted by atomic mass is 10.1. The van der Waals surface area contributed by atoms with Crippen LogP contribution in [0.3, 0.4) is 0 Å². The van der Waals surface area contributed by atoms with Gasteiger partial charge in [-0.25, -0.2) is 28.9 Å². The zero-order valence-electron chi connectivity index (χ0n) is 22.1. The minimum atomic E-state index is -5.06. The molecule has 6 heterocycles. The second-order valence-corrected chi connectivity index (χ2v) is 11.0. The lowest BCUT2D eigenvalue weighted by Crippen LogP contribution is -2.36. The first-order valence-corrected chi connectivity index (χ1v) is 14.1. The van der Waals surface area contributed by atoms with Crippen molar-refractivity contribution in [2.75, 3.05) is 31.8 Å². The molecule has 2 saturated heterocycles. The highest BCUT2D eigenvalue weighted by atomic mass is 31.2. The van der Waals surface area contributed by atoms with Crippen molar-refractivity contribution in [3.8, 4) is 0 Å². The summed E-state index contributed by atoms with van der Waals surface area (Å²) in [5.74, 6) is -0.143. The van der Waals surface area contributed by atoms with E-state index in [4.69, 9.17) is 34.7 Å². The number of aromatic amines is 1. The molecule has 9 atom stereocenters. The number of nitrogens with two attached hydrogens (primary N) is 2. The number of anilines is 2. The van der Waals surface area contributed by atoms with E-state index in [2.05, 4.69) is 29.9 Å². The Labute approximate surface area is 239 Å². The molecule has 0 aromatic carbocycles. The number of nitrogens with one attached hydrogen (secondary N) is 1. The van der Waals surface area contributed by atoms with Crippen molar-refractivity contribution >= 4 is 41.9 Å². The van der Waals surface area contributed by atoms with E-state index in [1.807, 2.05) is 0 Å². The largest absolute Gasteiger partial charge is 0.472 e. The van der Waals surface area contributed by atoms with E-state index in [0.29, 0.717) is 0 Å². The van der Waals surface area contributed by atoms with E-state index in [9.17, 15) is 24.5 Å². The van der Waals surface area contributed by atoms with Crippen LogP contribution in [0.2, 0.25) is 0 Å². The number of halogens is 1. The molecule has 8 N–H and O–H groups in total. The molecule has 22 heteroatoms. The number of aliphatic hydroxyl groups excluding tert-OH is 2. The van der Waals surface area contributed by atoms with Gasteiger partial charge in [-0.2, -0.15) is 4.98 Å². The maximum Gasteiger partial charge on any atom is 0.472 e. The molecule has 2 fully saturated rings. The smallest absolute Gasteiger partial charge is 0.394 e. The minimum absolute atomic E-state index is 0.121. The molecule has 0 amide bonds. The highest BCUT2D eigenvalue weighted by Gasteiger charge is 2.51. The fraction of sp³-hybridized carbons (Fsp3) is 0.524. The fourth-order valence-electron chi connectivity index (χ4n) is 5.06. The monoisotopic (exact) mass is 628 g/mol. The van der Waals surface area contributed by atoms with Gasteiger partial charge in [-0.15, -0.1) is 0 Å². The number of ether oxygens (including phenoxy) is 3. The van der Waals surface area contributed by atoms with Crippen LogP contribution in [0, 0.1) is 0 Å². The molecule has 5 unspecified atom stereocenters. The molecule has 0 spiro atoms. The standard InChI is InChI=1S/C21H26FN10O10P/c1-38-14-12(34)8(41-20(14)31-5-27-10-15(23)25-4-26-16(10)31)3-39-43(36,37)42-13-7(2-33)40-19(9(13)22)32-6-28-11-17(32)29-21(24)30-18(11)35/h4-9,12-14,19-20,33-34H,2-3H2,1H3,(H,36,37)(H2,23,25,26)(H3,24,29,30,35)/t7-,8-,9?,12?,13?,14?,19-,20-/m1/s1. The molecule has 43 heavy (non-hydrogen) atoms. The summed E-state index contributed by atoms with van der Waals surface area (Å²) < 4.78 is 58.0. The molecule has 0 saturated carbocycles. The number of alkyl halides is 1. The number of aromatic nitrogens is 8. The molecule has 2 aliphatic rings. The van der Waals surface area contributed by atoms with Crippen LogP contribution in [0.15, 0.2) is 23.8 Å². The first kappa shape index (κ1) is 29.4. The summed E-state index contributed by atoms with van der Waals surface area (Å²) in [4.78, 5) is 44.8. The number of phosphoric ester groups is 1. The number of methoxy groups -OCH3 is 1. The van der Waals surface area contributed by atoms with Gasteiger partial charge in [-0.05, 0) is 0 Å². The summed E-state index contributed by atoms with van der Waals surface area (Å²) >= 11 is 0. The minimum Gasteiger partial charge on any atom is -0.394 e. The van der Waals surface area contributed by atoms with E-state index in [1.54, 1.807) is 0 Å². The number of hydrogen-bond donors (Lipinski definition) is 6. The Hall–Kier alpha value is -3.66. The van der Waals surface area contributed by atoms with Crippen molar-refractivity contribution in [3.05, 3.63) is 29.3 Å². The van der Waals surface area contributed by atoms with Gasteiger partial charge in [0.1, 0.15) is 42.4 Å². The molecular formula is C21H26FN10O10P. The van der Waals surface area contributed by atoms with E-state index in [-0.39, 0.29) is 34.1 Å². The van der Waals surface area contributed by atoms with Gasteiger partial charge < -0.3 is 40.8 Å². The van der Waals surface area contributed by atoms with Crippen molar-refractivity contribution < 1.29 is 47.3 Å². The zero-order chi connectivity index (χ0) is 30.6. The Morgan fingerprint density at radius 3 is 2.49 bits per heavy atom. The number of imidazole rings is 2. The predicted molar refractivity (Wildman–Crippen MR) is 140 cm³/mol. The average molecular weight is 628 g/mol. The number of aliphatic hydroxyl groups is 2. The van der Waals surface area contributed by atoms with Gasteiger partial charge in [-0.3, -0.25) is 28.0 Å². The van der Waals surface area contributed by atoms with Crippen molar-refractivity contribution in [1.29, 1.82) is 0 Å². The summed E-state index contributed by atoms with van der Waals surface area (Å²) in [5, 5.41) is 20.6. The van der Waals surface area contributed by atoms with Crippen LogP contribution in [0.25, 0.3) is 22.3 Å². The molecule has 4 aromatic heterocycles. The lowest BCUT2D eigenvalue weighted by molar-refractivity contribution is -0.0623. The second kappa shape index (κ2) is 11.1. The van der Waals surface area contributed by atoms with Gasteiger partial charge in [0, 0.05) is 7.11 Å². The van der Waals surface area contributed by atoms with Crippen molar-refractivity contribution in [2.45, 2.75) is 49.1 Å². The lowest BCUT2D eigenvalue weighted by Gasteiger charge is -2.22. The van der Waals surface area contributed by atoms with Crippen LogP contribution >= 0.6 is 7.82 Å². The first-order valence-electron chi connectivity index (χ1n) is 12.6. The molecule has 0 bridgehead atoms. The van der Waals surface area contributed by atoms with Gasteiger partial charge in [-0.1, -0.05) is 0 Å². The van der Waals surface area contributed by atoms with Crippen molar-refractivity contribution in [3.63, 3.8) is 0 Å². The number of fused-ring (bicyclic) bond motifs is 2. The second-order valence-electron chi connectivity index (χ2n) is 9.64. The zero-order valence-corrected chi connectivity index (χ0v) is 23.0. The molecule has 0 aliphatic carbocycles. The first-order chi connectivity index (χ1) is 20.5. The molecule has 4 aromatic rings. The third-order valence-corrected chi connectivity index (χ3v) is 8.06. The normalized spacial score (nSPS) is 30.8. The Morgan fingerprint density at radius 2 is 1.77 bits per heavy atom. The van der Waals surface area contributed by atoms with Crippen LogP contribution < -0.4 is 17.0 Å². The number of nitrogens with zero attached hydrogens (tertiary/aromatic N) is 7. The molecule has 2 aliphatic heterocycles. The van der Waals surface area contributed by atoms with Crippen molar-refractivity contribution in [1.82, 2.24) is 39.0 Å². The third-order valence-electron chi connectivity index (χ3n) is 7.07. The van der Waals surface area contributed by atoms with Crippen LogP contribution in [0.4, 0.5) is 16.2 Å². The van der Waals surface area contributed by atoms with E-state index in [1.165, 1.54) is 24.3 Å².